The number of rotatable bonds is 4. The molecule has 23 heavy (non-hydrogen) atoms. The monoisotopic (exact) mass is 350 g/mol. The number of halogens is 4. The van der Waals surface area contributed by atoms with Crippen molar-refractivity contribution >= 4 is 23.6 Å². The summed E-state index contributed by atoms with van der Waals surface area (Å²) in [7, 11) is 0. The van der Waals surface area contributed by atoms with Crippen LogP contribution in [-0.2, 0) is 16.0 Å². The number of hydrogen-bond donors (Lipinski definition) is 2. The van der Waals surface area contributed by atoms with E-state index in [0.717, 1.165) is 11.8 Å². The van der Waals surface area contributed by atoms with Gasteiger partial charge in [0.15, 0.2) is 0 Å². The molecule has 2 N–H and O–H groups in total. The first-order valence-electron chi connectivity index (χ1n) is 6.76. The predicted molar refractivity (Wildman–Crippen MR) is 77.3 cm³/mol. The topological polar surface area (TPSA) is 58.2 Å². The summed E-state index contributed by atoms with van der Waals surface area (Å²) in [6, 6.07) is 5.01. The fourth-order valence-electron chi connectivity index (χ4n) is 2.06. The summed E-state index contributed by atoms with van der Waals surface area (Å²) < 4.78 is 49.8. The molecule has 9 heteroatoms. The fourth-order valence-corrected chi connectivity index (χ4v) is 3.24. The van der Waals surface area contributed by atoms with Crippen molar-refractivity contribution in [1.82, 2.24) is 10.6 Å². The van der Waals surface area contributed by atoms with Crippen LogP contribution in [0.3, 0.4) is 0 Å². The van der Waals surface area contributed by atoms with Gasteiger partial charge in [-0.2, -0.15) is 13.2 Å². The molecule has 2 amide bonds. The second-order valence-electron chi connectivity index (χ2n) is 5.01. The van der Waals surface area contributed by atoms with Crippen LogP contribution >= 0.6 is 11.8 Å². The number of benzene rings is 1. The van der Waals surface area contributed by atoms with E-state index < -0.39 is 41.6 Å². The Bertz CT molecular complexity index is 594. The first kappa shape index (κ1) is 17.6. The molecular formula is C14H14F4N2O2S. The first-order valence-corrected chi connectivity index (χ1v) is 7.81. The van der Waals surface area contributed by atoms with Gasteiger partial charge in [-0.25, -0.2) is 4.39 Å². The lowest BCUT2D eigenvalue weighted by Gasteiger charge is -2.28. The van der Waals surface area contributed by atoms with Crippen molar-refractivity contribution in [2.45, 2.75) is 23.9 Å². The van der Waals surface area contributed by atoms with Crippen molar-refractivity contribution in [3.05, 3.63) is 35.6 Å². The van der Waals surface area contributed by atoms with E-state index >= 15 is 0 Å². The largest absolute Gasteiger partial charge is 0.405 e. The van der Waals surface area contributed by atoms with E-state index in [-0.39, 0.29) is 12.2 Å². The molecule has 1 heterocycles. The van der Waals surface area contributed by atoms with Crippen LogP contribution in [0.4, 0.5) is 17.6 Å². The second-order valence-corrected chi connectivity index (χ2v) is 6.25. The molecule has 2 rings (SSSR count). The Morgan fingerprint density at radius 1 is 1.35 bits per heavy atom. The normalized spacial score (nSPS) is 21.7. The lowest BCUT2D eigenvalue weighted by molar-refractivity contribution is -0.140. The zero-order valence-electron chi connectivity index (χ0n) is 11.8. The summed E-state index contributed by atoms with van der Waals surface area (Å²) in [6.07, 6.45) is -4.35. The molecule has 0 bridgehead atoms. The molecule has 2 atom stereocenters. The van der Waals surface area contributed by atoms with Crippen LogP contribution in [0.5, 0.6) is 0 Å². The maximum atomic E-state index is 13.6. The third-order valence-corrected chi connectivity index (χ3v) is 4.52. The molecule has 1 aliphatic rings. The van der Waals surface area contributed by atoms with Gasteiger partial charge in [0, 0.05) is 5.75 Å². The van der Waals surface area contributed by atoms with E-state index in [2.05, 4.69) is 5.32 Å². The van der Waals surface area contributed by atoms with Crippen LogP contribution < -0.4 is 10.6 Å². The van der Waals surface area contributed by atoms with Crippen LogP contribution in [0.2, 0.25) is 0 Å². The number of alkyl halides is 3. The molecule has 1 aromatic rings. The van der Waals surface area contributed by atoms with Crippen LogP contribution in [0.15, 0.2) is 24.3 Å². The van der Waals surface area contributed by atoms with Gasteiger partial charge < -0.3 is 10.6 Å². The maximum absolute atomic E-state index is 13.6. The van der Waals surface area contributed by atoms with E-state index in [0.29, 0.717) is 5.56 Å². The van der Waals surface area contributed by atoms with Gasteiger partial charge in [0.2, 0.25) is 11.8 Å². The number of nitrogens with one attached hydrogen (secondary N) is 2. The minimum atomic E-state index is -4.51. The molecule has 4 nitrogen and oxygen atoms in total. The molecule has 0 radical (unpaired) electrons. The number of carbonyl (C=O) groups excluding carboxylic acids is 2. The molecule has 0 spiro atoms. The van der Waals surface area contributed by atoms with Gasteiger partial charge in [-0.1, -0.05) is 18.2 Å². The van der Waals surface area contributed by atoms with Gasteiger partial charge in [-0.15, -0.1) is 11.8 Å². The lowest BCUT2D eigenvalue weighted by atomic mass is 10.1. The Morgan fingerprint density at radius 2 is 2.04 bits per heavy atom. The molecule has 1 aliphatic heterocycles. The molecule has 126 valence electrons. The fraction of sp³-hybridized carbons (Fsp3) is 0.429. The number of hydrogen-bond acceptors (Lipinski definition) is 3. The third kappa shape index (κ3) is 5.12. The zero-order valence-corrected chi connectivity index (χ0v) is 12.6. The first-order chi connectivity index (χ1) is 10.8. The van der Waals surface area contributed by atoms with E-state index in [1.165, 1.54) is 12.1 Å². The standard InChI is InChI=1S/C14H14F4N2O2S/c15-9-4-2-1-3-8(9)5-11-13(22)20-10(6-23-11)12(21)19-7-14(16,17)18/h1-4,10-11H,5-7H2,(H,19,21)(H,20,22)/t10-,11+/m0/s1. The molecule has 0 aromatic heterocycles. The average molecular weight is 350 g/mol. The molecular weight excluding hydrogens is 336 g/mol. The van der Waals surface area contributed by atoms with E-state index in [4.69, 9.17) is 0 Å². The maximum Gasteiger partial charge on any atom is 0.405 e. The minimum absolute atomic E-state index is 0.133. The van der Waals surface area contributed by atoms with Crippen LogP contribution in [-0.4, -0.2) is 41.6 Å². The molecule has 0 aliphatic carbocycles. The molecule has 0 unspecified atom stereocenters. The van der Waals surface area contributed by atoms with Crippen molar-refractivity contribution < 1.29 is 27.2 Å². The molecule has 0 saturated carbocycles. The lowest BCUT2D eigenvalue weighted by Crippen LogP contribution is -2.55. The van der Waals surface area contributed by atoms with Crippen molar-refractivity contribution in [3.63, 3.8) is 0 Å². The van der Waals surface area contributed by atoms with Gasteiger partial charge >= 0.3 is 6.18 Å². The smallest absolute Gasteiger partial charge is 0.345 e. The van der Waals surface area contributed by atoms with Gasteiger partial charge in [0.1, 0.15) is 18.4 Å². The SMILES string of the molecule is O=C(NCC(F)(F)F)[C@@H]1CS[C@H](Cc2ccccc2F)C(=O)N1. The number of carbonyl (C=O) groups is 2. The van der Waals surface area contributed by atoms with Crippen LogP contribution in [0.1, 0.15) is 5.56 Å². The highest BCUT2D eigenvalue weighted by Gasteiger charge is 2.34. The highest BCUT2D eigenvalue weighted by atomic mass is 32.2. The van der Waals surface area contributed by atoms with Gasteiger partial charge in [-0.05, 0) is 18.1 Å². The Labute approximate surface area is 134 Å². The summed E-state index contributed by atoms with van der Waals surface area (Å²) in [5, 5.41) is 3.53. The van der Waals surface area contributed by atoms with Gasteiger partial charge in [0.05, 0.1) is 5.25 Å². The highest BCUT2D eigenvalue weighted by molar-refractivity contribution is 8.00. The molecule has 1 aromatic carbocycles. The van der Waals surface area contributed by atoms with Crippen LogP contribution in [0.25, 0.3) is 0 Å². The number of amides is 2. The summed E-state index contributed by atoms with van der Waals surface area (Å²) in [5.74, 6) is -1.66. The van der Waals surface area contributed by atoms with Crippen molar-refractivity contribution in [2.24, 2.45) is 0 Å². The Hall–Kier alpha value is -1.77. The second kappa shape index (κ2) is 7.20. The Morgan fingerprint density at radius 3 is 2.65 bits per heavy atom. The Kier molecular flexibility index (Phi) is 5.51. The average Bonchev–Trinajstić information content (AvgIpc) is 2.48. The van der Waals surface area contributed by atoms with Crippen LogP contribution in [0, 0.1) is 5.82 Å². The van der Waals surface area contributed by atoms with Crippen molar-refractivity contribution in [3.8, 4) is 0 Å². The quantitative estimate of drug-likeness (QED) is 0.812. The summed E-state index contributed by atoms with van der Waals surface area (Å²) >= 11 is 1.12. The zero-order chi connectivity index (χ0) is 17.0. The Balaban J connectivity index is 1.89. The number of thioether (sulfide) groups is 1. The van der Waals surface area contributed by atoms with Crippen molar-refractivity contribution in [2.75, 3.05) is 12.3 Å². The molecule has 1 fully saturated rings. The van der Waals surface area contributed by atoms with E-state index in [1.54, 1.807) is 17.4 Å². The van der Waals surface area contributed by atoms with Gasteiger partial charge in [0.25, 0.3) is 0 Å². The predicted octanol–water partition coefficient (Wildman–Crippen LogP) is 1.65. The van der Waals surface area contributed by atoms with Gasteiger partial charge in [-0.3, -0.25) is 9.59 Å². The molecule has 1 saturated heterocycles. The summed E-state index contributed by atoms with van der Waals surface area (Å²) in [5.41, 5.74) is 0.375. The minimum Gasteiger partial charge on any atom is -0.345 e. The highest BCUT2D eigenvalue weighted by Crippen LogP contribution is 2.23. The summed E-state index contributed by atoms with van der Waals surface area (Å²) in [4.78, 5) is 23.6. The van der Waals surface area contributed by atoms with E-state index in [9.17, 15) is 27.2 Å². The third-order valence-electron chi connectivity index (χ3n) is 3.22. The van der Waals surface area contributed by atoms with E-state index in [1.807, 2.05) is 0 Å². The summed E-state index contributed by atoms with van der Waals surface area (Å²) in [6.45, 7) is -1.44. The van der Waals surface area contributed by atoms with Crippen molar-refractivity contribution in [1.29, 1.82) is 0 Å².